The first-order valence-electron chi connectivity index (χ1n) is 39.9. The molecule has 0 saturated heterocycles. The van der Waals surface area contributed by atoms with Crippen molar-refractivity contribution in [3.05, 3.63) is 41.6 Å². The maximum Gasteiger partial charge on any atom is 0.268 e. The highest BCUT2D eigenvalue weighted by Crippen LogP contribution is 2.19. The maximum absolute atomic E-state index is 14.7. The topological polar surface area (TPSA) is 517 Å². The first-order valence-corrected chi connectivity index (χ1v) is 39.9. The molecule has 0 bridgehead atoms. The predicted molar refractivity (Wildman–Crippen MR) is 426 cm³/mol. The molecule has 1 rings (SSSR count). The van der Waals surface area contributed by atoms with Crippen molar-refractivity contribution < 1.29 is 77.6 Å². The minimum Gasteiger partial charge on any atom is -0.508 e. The number of phenolic OH excluding ortho intramolecular Hbond substituents is 1. The lowest BCUT2D eigenvalue weighted by molar-refractivity contribution is -0.137. The molecule has 0 spiro atoms. The van der Waals surface area contributed by atoms with Crippen molar-refractivity contribution in [3.63, 3.8) is 0 Å². The molecular formula is C79H140N16O16. The Bertz CT molecular complexity index is 3150. The van der Waals surface area contributed by atoms with E-state index in [1.165, 1.54) is 25.1 Å². The molecule has 0 radical (unpaired) electrons. The molecule has 32 heteroatoms. The Morgan fingerprint density at radius 3 is 1.09 bits per heavy atom. The van der Waals surface area contributed by atoms with Gasteiger partial charge in [-0.2, -0.15) is 0 Å². The fraction of sp³-hybridized carbons (Fsp3) is 0.734. The molecule has 1 aromatic rings. The molecule has 22 N–H and O–H groups in total. The average Bonchev–Trinajstić information content (AvgIpc) is 0.845. The Kier molecular flexibility index (Phi) is 47.2. The van der Waals surface area contributed by atoms with E-state index in [0.717, 1.165) is 0 Å². The second kappa shape index (κ2) is 52.1. The van der Waals surface area contributed by atoms with Crippen LogP contribution in [0.4, 0.5) is 0 Å². The van der Waals surface area contributed by atoms with Crippen molar-refractivity contribution in [1.29, 1.82) is 0 Å². The van der Waals surface area contributed by atoms with Crippen LogP contribution < -0.4 is 86.3 Å². The zero-order valence-electron chi connectivity index (χ0n) is 69.5. The summed E-state index contributed by atoms with van der Waals surface area (Å²) in [5.41, 5.74) is 18.0. The van der Waals surface area contributed by atoms with Crippen LogP contribution in [0.3, 0.4) is 0 Å². The summed E-state index contributed by atoms with van der Waals surface area (Å²) in [6, 6.07) is -8.67. The zero-order chi connectivity index (χ0) is 84.7. The van der Waals surface area contributed by atoms with E-state index in [2.05, 4.69) is 69.1 Å². The van der Waals surface area contributed by atoms with Gasteiger partial charge in [0.25, 0.3) is 11.8 Å². The number of carbonyl (C=O) groups excluding carboxylic acids is 13. The number of aliphatic hydroxyl groups is 2. The molecule has 0 unspecified atom stereocenters. The number of hydrogen-bond donors (Lipinski definition) is 19. The lowest BCUT2D eigenvalue weighted by atomic mass is 9.95. The van der Waals surface area contributed by atoms with Crippen molar-refractivity contribution in [3.8, 4) is 5.75 Å². The number of nitrogens with two attached hydrogens (primary N) is 3. The number of aliphatic hydroxyl groups excluding tert-OH is 2. The molecular weight excluding hydrogens is 1430 g/mol. The molecule has 15 atom stereocenters. The number of carbonyl (C=O) groups is 13. The van der Waals surface area contributed by atoms with Gasteiger partial charge < -0.3 is 102 Å². The highest BCUT2D eigenvalue weighted by molar-refractivity contribution is 6.02. The summed E-state index contributed by atoms with van der Waals surface area (Å²) >= 11 is 0. The fourth-order valence-corrected chi connectivity index (χ4v) is 11.9. The van der Waals surface area contributed by atoms with E-state index >= 15 is 0 Å². The van der Waals surface area contributed by atoms with Gasteiger partial charge in [0.1, 0.15) is 84.0 Å². The lowest BCUT2D eigenvalue weighted by Crippen LogP contribution is -2.63. The normalized spacial score (nSPS) is 15.9. The summed E-state index contributed by atoms with van der Waals surface area (Å²) in [6.07, 6.45) is 2.85. The van der Waals surface area contributed by atoms with Gasteiger partial charge in [-0.25, -0.2) is 0 Å². The van der Waals surface area contributed by atoms with Crippen molar-refractivity contribution in [2.45, 2.75) is 294 Å². The molecule has 0 fully saturated rings. The molecule has 1 aromatic carbocycles. The third-order valence-corrected chi connectivity index (χ3v) is 19.5. The Morgan fingerprint density at radius 2 is 0.703 bits per heavy atom. The van der Waals surface area contributed by atoms with Crippen LogP contribution in [0.25, 0.3) is 0 Å². The molecule has 0 saturated carbocycles. The Balaban J connectivity index is 3.63. The molecule has 0 heterocycles. The molecule has 632 valence electrons. The minimum atomic E-state index is -1.40. The molecule has 111 heavy (non-hydrogen) atoms. The van der Waals surface area contributed by atoms with E-state index < -0.39 is 191 Å². The Hall–Kier alpha value is -8.33. The first kappa shape index (κ1) is 101. The summed E-state index contributed by atoms with van der Waals surface area (Å²) in [7, 11) is 0. The molecule has 13 amide bonds. The predicted octanol–water partition coefficient (Wildman–Crippen LogP) is 1.59. The molecule has 0 aliphatic heterocycles. The Morgan fingerprint density at radius 1 is 0.378 bits per heavy atom. The number of amides is 13. The first-order chi connectivity index (χ1) is 52.1. The van der Waals surface area contributed by atoms with Crippen LogP contribution in [-0.4, -0.2) is 197 Å². The summed E-state index contributed by atoms with van der Waals surface area (Å²) in [6.45, 7) is 33.1. The van der Waals surface area contributed by atoms with Gasteiger partial charge >= 0.3 is 0 Å². The average molecular weight is 1570 g/mol. The van der Waals surface area contributed by atoms with Gasteiger partial charge in [-0.15, -0.1) is 0 Å². The largest absolute Gasteiger partial charge is 0.508 e. The van der Waals surface area contributed by atoms with Crippen LogP contribution in [0.2, 0.25) is 0 Å². The molecule has 0 aliphatic rings. The molecule has 32 nitrogen and oxygen atoms in total. The number of phenols is 1. The van der Waals surface area contributed by atoms with Crippen LogP contribution in [0.15, 0.2) is 36.0 Å². The summed E-state index contributed by atoms with van der Waals surface area (Å²) in [5, 5.41) is 66.2. The van der Waals surface area contributed by atoms with E-state index in [9.17, 15) is 77.6 Å². The summed E-state index contributed by atoms with van der Waals surface area (Å²) in [4.78, 5) is 185. The van der Waals surface area contributed by atoms with Crippen LogP contribution in [0.5, 0.6) is 5.75 Å². The zero-order valence-corrected chi connectivity index (χ0v) is 69.5. The van der Waals surface area contributed by atoms with Gasteiger partial charge in [0.15, 0.2) is 0 Å². The van der Waals surface area contributed by atoms with Crippen molar-refractivity contribution >= 4 is 76.8 Å². The molecule has 0 aromatic heterocycles. The van der Waals surface area contributed by atoms with E-state index in [-0.39, 0.29) is 100 Å². The third-order valence-electron chi connectivity index (χ3n) is 19.5. The summed E-state index contributed by atoms with van der Waals surface area (Å²) < 4.78 is 0. The van der Waals surface area contributed by atoms with Crippen LogP contribution in [0.1, 0.15) is 214 Å². The number of rotatable bonds is 53. The van der Waals surface area contributed by atoms with E-state index in [1.54, 1.807) is 95.2 Å². The number of hydrogen-bond acceptors (Lipinski definition) is 19. The lowest BCUT2D eigenvalue weighted by Gasteiger charge is -2.32. The van der Waals surface area contributed by atoms with Crippen LogP contribution in [0, 0.1) is 53.3 Å². The van der Waals surface area contributed by atoms with Gasteiger partial charge in [-0.05, 0) is 162 Å². The third kappa shape index (κ3) is 35.9. The van der Waals surface area contributed by atoms with Gasteiger partial charge in [0.05, 0.1) is 12.6 Å². The van der Waals surface area contributed by atoms with Gasteiger partial charge in [-0.3, -0.25) is 62.3 Å². The number of unbranched alkanes of at least 4 members (excludes halogenated alkanes) is 2. The van der Waals surface area contributed by atoms with Crippen molar-refractivity contribution in [1.82, 2.24) is 69.1 Å². The summed E-state index contributed by atoms with van der Waals surface area (Å²) in [5.74, 6) is -13.7. The Labute approximate surface area is 658 Å². The van der Waals surface area contributed by atoms with E-state index in [1.807, 2.05) is 41.5 Å². The number of allylic oxidation sites excluding steroid dienone is 1. The number of benzene rings is 1. The highest BCUT2D eigenvalue weighted by Gasteiger charge is 2.40. The monoisotopic (exact) mass is 1570 g/mol. The van der Waals surface area contributed by atoms with Gasteiger partial charge in [0, 0.05) is 6.42 Å². The minimum absolute atomic E-state index is 0.0178. The smallest absolute Gasteiger partial charge is 0.268 e. The van der Waals surface area contributed by atoms with Crippen molar-refractivity contribution in [2.75, 3.05) is 26.2 Å². The van der Waals surface area contributed by atoms with Crippen LogP contribution in [-0.2, 0) is 68.7 Å². The van der Waals surface area contributed by atoms with Crippen LogP contribution >= 0.6 is 0 Å². The fourth-order valence-electron chi connectivity index (χ4n) is 11.9. The SMILES string of the molecule is C/C=C(/NC(=O)[C@@H](O)[C@@H](C)CC)C(=O)N[C@H](C(=O)N[C@H](CCCN)C(=O)N[C@H](C(=O)N[C@H](C(=O)N[C@H](C(=O)N[C@H](CCCCN)C(=O)N[C@H](C(=O)N[C@H](CC(C)C)C(=O)N[C@@H](CCCCN)C(=O)N[C@H](Cc1ccc(O)cc1)C(=O)N[C@@H](CC(C)C)C(=O)N[C@H](CO)C(C)C)C(C)C)C(C)C)C(C)C)[C@@H](C)CC)C(C)C. The molecule has 0 aliphatic carbocycles. The second-order valence-electron chi connectivity index (χ2n) is 31.8. The highest BCUT2D eigenvalue weighted by atomic mass is 16.3. The van der Waals surface area contributed by atoms with Gasteiger partial charge in [0.2, 0.25) is 65.0 Å². The standard InChI is InChI=1S/C79H140N16O16/c1-20-49(18)65(95-70(102)56(30-27-37-82)86-74(106)61(45(10)11)91-67(99)53(22-3)83-79(111)66(98)50(19)21-2)78(110)94-64(48(16)17)77(109)93-63(47(14)15)75(107)85-55(29-24-26-36-81)69(101)92-62(46(12)13)76(108)89-58(39-43(6)7)71(103)84-54(28-23-25-35-80)68(100)88-59(40-51-31-33-52(97)34-32-51)73(105)87-57(38-42(4)5)72(104)90-60(41-96)44(8)9/h22,31-34,42-50,54-66,96-98H,20-21,23-30,35-41,80-82H2,1-19H3,(H,83,111)(H,84,103)(H,85,107)(H,86,106)(H,87,105)(H,88,100)(H,89,108)(H,90,104)(H,91,99)(H,92,101)(H,93,109)(H,94,110)(H,95,102)/b53-22+/t49-,50-,54-,55+,56+,57-,58+,59+,60+,61-,62-,63-,64-,65-,66-/m0/s1. The number of nitrogens with one attached hydrogen (secondary N) is 13. The number of aromatic hydroxyl groups is 1. The van der Waals surface area contributed by atoms with E-state index in [0.29, 0.717) is 44.1 Å². The van der Waals surface area contributed by atoms with Gasteiger partial charge in [-0.1, -0.05) is 156 Å². The quantitative estimate of drug-likeness (QED) is 0.0325. The maximum atomic E-state index is 14.7. The van der Waals surface area contributed by atoms with E-state index in [4.69, 9.17) is 17.2 Å². The second-order valence-corrected chi connectivity index (χ2v) is 31.8. The van der Waals surface area contributed by atoms with Crippen molar-refractivity contribution in [2.24, 2.45) is 70.5 Å².